The highest BCUT2D eigenvalue weighted by Gasteiger charge is 1.97. The largest absolute Gasteiger partial charge is 0.364 e. The molecule has 72 valence electrons. The molecule has 0 fully saturated rings. The van der Waals surface area contributed by atoms with E-state index in [1.54, 1.807) is 23.0 Å². The second-order valence-electron chi connectivity index (χ2n) is 2.55. The minimum absolute atomic E-state index is 0.388. The maximum absolute atomic E-state index is 5.68. The Morgan fingerprint density at radius 2 is 2.21 bits per heavy atom. The van der Waals surface area contributed by atoms with E-state index in [9.17, 15) is 0 Å². The Morgan fingerprint density at radius 3 is 2.93 bits per heavy atom. The summed E-state index contributed by atoms with van der Waals surface area (Å²) >= 11 is 7.27. The Hall–Kier alpha value is -1.20. The average molecular weight is 227 g/mol. The van der Waals surface area contributed by atoms with Crippen molar-refractivity contribution >= 4 is 28.8 Å². The Balaban J connectivity index is 1.98. The van der Waals surface area contributed by atoms with Crippen LogP contribution in [0.4, 0.5) is 5.82 Å². The van der Waals surface area contributed by atoms with Gasteiger partial charge in [0.1, 0.15) is 11.0 Å². The van der Waals surface area contributed by atoms with Gasteiger partial charge in [-0.1, -0.05) is 11.6 Å². The van der Waals surface area contributed by atoms with Crippen LogP contribution in [-0.4, -0.2) is 15.0 Å². The van der Waals surface area contributed by atoms with Gasteiger partial charge in [-0.05, 0) is 0 Å². The molecular weight excluding hydrogens is 220 g/mol. The second-order valence-corrected chi connectivity index (χ2v) is 3.91. The third-order valence-corrected chi connectivity index (χ3v) is 2.49. The second kappa shape index (κ2) is 4.34. The SMILES string of the molecule is Clc1cncc(NCc2cncs2)n1. The third-order valence-electron chi connectivity index (χ3n) is 1.53. The van der Waals surface area contributed by atoms with E-state index in [1.807, 2.05) is 6.20 Å². The molecule has 0 aromatic carbocycles. The average Bonchev–Trinajstić information content (AvgIpc) is 2.67. The topological polar surface area (TPSA) is 50.7 Å². The van der Waals surface area contributed by atoms with Crippen molar-refractivity contribution < 1.29 is 0 Å². The number of halogens is 1. The van der Waals surface area contributed by atoms with Crippen LogP contribution < -0.4 is 5.32 Å². The van der Waals surface area contributed by atoms with Crippen molar-refractivity contribution in [2.45, 2.75) is 6.54 Å². The third kappa shape index (κ3) is 2.40. The first kappa shape index (κ1) is 9.36. The highest BCUT2D eigenvalue weighted by molar-refractivity contribution is 7.09. The molecule has 0 spiro atoms. The molecule has 0 bridgehead atoms. The van der Waals surface area contributed by atoms with Gasteiger partial charge < -0.3 is 5.32 Å². The smallest absolute Gasteiger partial charge is 0.149 e. The van der Waals surface area contributed by atoms with Crippen molar-refractivity contribution in [2.24, 2.45) is 0 Å². The summed E-state index contributed by atoms with van der Waals surface area (Å²) in [5.41, 5.74) is 1.79. The summed E-state index contributed by atoms with van der Waals surface area (Å²) < 4.78 is 0. The molecular formula is C8H7ClN4S. The van der Waals surface area contributed by atoms with Gasteiger partial charge in [0.25, 0.3) is 0 Å². The van der Waals surface area contributed by atoms with E-state index >= 15 is 0 Å². The van der Waals surface area contributed by atoms with Crippen LogP contribution in [0.15, 0.2) is 24.1 Å². The molecule has 0 aliphatic rings. The number of aromatic nitrogens is 3. The summed E-state index contributed by atoms with van der Waals surface area (Å²) in [4.78, 5) is 13.1. The molecule has 0 radical (unpaired) electrons. The van der Waals surface area contributed by atoms with Crippen LogP contribution in [-0.2, 0) is 6.54 Å². The Labute approximate surface area is 90.0 Å². The number of anilines is 1. The van der Waals surface area contributed by atoms with Gasteiger partial charge >= 0.3 is 0 Å². The van der Waals surface area contributed by atoms with Crippen LogP contribution in [0, 0.1) is 0 Å². The van der Waals surface area contributed by atoms with Crippen molar-refractivity contribution in [1.29, 1.82) is 0 Å². The van der Waals surface area contributed by atoms with Crippen LogP contribution in [0.3, 0.4) is 0 Å². The zero-order chi connectivity index (χ0) is 9.80. The summed E-state index contributed by atoms with van der Waals surface area (Å²) in [6, 6.07) is 0. The number of nitrogens with zero attached hydrogens (tertiary/aromatic N) is 3. The van der Waals surface area contributed by atoms with Gasteiger partial charge in [-0.3, -0.25) is 9.97 Å². The minimum Gasteiger partial charge on any atom is -0.364 e. The first-order valence-corrected chi connectivity index (χ1v) is 5.19. The molecule has 2 aromatic rings. The number of rotatable bonds is 3. The predicted octanol–water partition coefficient (Wildman–Crippen LogP) is 2.20. The standard InChI is InChI=1S/C8H7ClN4S/c9-7-3-10-4-8(13-7)12-2-6-1-11-5-14-6/h1,3-5H,2H2,(H,12,13). The zero-order valence-electron chi connectivity index (χ0n) is 7.14. The van der Waals surface area contributed by atoms with Crippen molar-refractivity contribution in [3.05, 3.63) is 34.1 Å². The van der Waals surface area contributed by atoms with E-state index in [2.05, 4.69) is 20.3 Å². The predicted molar refractivity (Wildman–Crippen MR) is 56.5 cm³/mol. The molecule has 0 aliphatic carbocycles. The van der Waals surface area contributed by atoms with Crippen molar-refractivity contribution in [2.75, 3.05) is 5.32 Å². The van der Waals surface area contributed by atoms with Gasteiger partial charge in [0, 0.05) is 11.1 Å². The van der Waals surface area contributed by atoms with Gasteiger partial charge in [0.15, 0.2) is 0 Å². The van der Waals surface area contributed by atoms with Crippen LogP contribution in [0.1, 0.15) is 4.88 Å². The molecule has 14 heavy (non-hydrogen) atoms. The fourth-order valence-electron chi connectivity index (χ4n) is 0.934. The molecule has 0 saturated carbocycles. The van der Waals surface area contributed by atoms with Crippen LogP contribution in [0.2, 0.25) is 5.15 Å². The van der Waals surface area contributed by atoms with Crippen LogP contribution in [0.5, 0.6) is 0 Å². The van der Waals surface area contributed by atoms with E-state index in [-0.39, 0.29) is 0 Å². The molecule has 0 amide bonds. The summed E-state index contributed by atoms with van der Waals surface area (Å²) in [5, 5.41) is 3.49. The first-order chi connectivity index (χ1) is 6.84. The number of hydrogen-bond donors (Lipinski definition) is 1. The van der Waals surface area contributed by atoms with Gasteiger partial charge in [0.2, 0.25) is 0 Å². The number of hydrogen-bond acceptors (Lipinski definition) is 5. The summed E-state index contributed by atoms with van der Waals surface area (Å²) in [7, 11) is 0. The van der Waals surface area contributed by atoms with E-state index in [0.717, 1.165) is 4.88 Å². The molecule has 0 aliphatic heterocycles. The molecule has 6 heteroatoms. The van der Waals surface area contributed by atoms with Gasteiger partial charge in [0.05, 0.1) is 24.4 Å². The molecule has 0 saturated heterocycles. The van der Waals surface area contributed by atoms with Gasteiger partial charge in [-0.25, -0.2) is 4.98 Å². The molecule has 0 unspecified atom stereocenters. The van der Waals surface area contributed by atoms with E-state index in [4.69, 9.17) is 11.6 Å². The lowest BCUT2D eigenvalue weighted by Crippen LogP contribution is -2.00. The first-order valence-electron chi connectivity index (χ1n) is 3.93. The fourth-order valence-corrected chi connectivity index (χ4v) is 1.62. The lowest BCUT2D eigenvalue weighted by molar-refractivity contribution is 1.10. The molecule has 0 atom stereocenters. The van der Waals surface area contributed by atoms with Crippen LogP contribution >= 0.6 is 22.9 Å². The van der Waals surface area contributed by atoms with Crippen molar-refractivity contribution in [3.63, 3.8) is 0 Å². The molecule has 2 heterocycles. The number of nitrogens with one attached hydrogen (secondary N) is 1. The van der Waals surface area contributed by atoms with Crippen LogP contribution in [0.25, 0.3) is 0 Å². The fraction of sp³-hybridized carbons (Fsp3) is 0.125. The quantitative estimate of drug-likeness (QED) is 0.872. The molecule has 4 nitrogen and oxygen atoms in total. The van der Waals surface area contributed by atoms with E-state index in [0.29, 0.717) is 17.5 Å². The lowest BCUT2D eigenvalue weighted by Gasteiger charge is -2.02. The highest BCUT2D eigenvalue weighted by atomic mass is 35.5. The number of thiazole rings is 1. The summed E-state index contributed by atoms with van der Waals surface area (Å²) in [5.74, 6) is 0.672. The van der Waals surface area contributed by atoms with Crippen molar-refractivity contribution in [1.82, 2.24) is 15.0 Å². The van der Waals surface area contributed by atoms with Gasteiger partial charge in [-0.15, -0.1) is 11.3 Å². The minimum atomic E-state index is 0.388. The van der Waals surface area contributed by atoms with E-state index < -0.39 is 0 Å². The van der Waals surface area contributed by atoms with E-state index in [1.165, 1.54) is 6.20 Å². The molecule has 2 aromatic heterocycles. The maximum Gasteiger partial charge on any atom is 0.149 e. The maximum atomic E-state index is 5.68. The summed E-state index contributed by atoms with van der Waals surface area (Å²) in [6.07, 6.45) is 4.95. The highest BCUT2D eigenvalue weighted by Crippen LogP contribution is 2.10. The Morgan fingerprint density at radius 1 is 1.29 bits per heavy atom. The molecule has 2 rings (SSSR count). The Kier molecular flexibility index (Phi) is 2.90. The monoisotopic (exact) mass is 226 g/mol. The lowest BCUT2D eigenvalue weighted by atomic mass is 10.5. The normalized spacial score (nSPS) is 10.1. The van der Waals surface area contributed by atoms with Gasteiger partial charge in [-0.2, -0.15) is 0 Å². The zero-order valence-corrected chi connectivity index (χ0v) is 8.72. The molecule has 1 N–H and O–H groups in total. The summed E-state index contributed by atoms with van der Waals surface area (Å²) in [6.45, 7) is 0.694. The Bertz CT molecular complexity index is 403. The van der Waals surface area contributed by atoms with Crippen molar-refractivity contribution in [3.8, 4) is 0 Å².